The molecule has 30 heavy (non-hydrogen) atoms. The van der Waals surface area contributed by atoms with Gasteiger partial charge in [0.15, 0.2) is 16.8 Å². The van der Waals surface area contributed by atoms with Crippen molar-refractivity contribution in [3.05, 3.63) is 66.0 Å². The maximum atomic E-state index is 4.43. The summed E-state index contributed by atoms with van der Waals surface area (Å²) >= 11 is 1.59. The van der Waals surface area contributed by atoms with Gasteiger partial charge in [-0.2, -0.15) is 4.68 Å². The fourth-order valence-electron chi connectivity index (χ4n) is 3.20. The van der Waals surface area contributed by atoms with Gasteiger partial charge in [-0.3, -0.25) is 0 Å². The van der Waals surface area contributed by atoms with Crippen molar-refractivity contribution in [3.8, 4) is 17.1 Å². The highest BCUT2D eigenvalue weighted by molar-refractivity contribution is 7.99. The number of aromatic nitrogens is 7. The van der Waals surface area contributed by atoms with Gasteiger partial charge < -0.3 is 4.57 Å². The van der Waals surface area contributed by atoms with E-state index in [1.165, 1.54) is 5.56 Å². The molecule has 0 fully saturated rings. The van der Waals surface area contributed by atoms with Gasteiger partial charge in [0.2, 0.25) is 0 Å². The lowest BCUT2D eigenvalue weighted by molar-refractivity contribution is 0.590. The van der Waals surface area contributed by atoms with E-state index < -0.39 is 0 Å². The third kappa shape index (κ3) is 4.00. The van der Waals surface area contributed by atoms with Crippen LogP contribution in [0.2, 0.25) is 0 Å². The summed E-state index contributed by atoms with van der Waals surface area (Å²) in [5.74, 6) is 1.61. The van der Waals surface area contributed by atoms with Crippen LogP contribution in [-0.4, -0.2) is 35.0 Å². The Bertz CT molecular complexity index is 1120. The first-order valence-electron chi connectivity index (χ1n) is 9.85. The van der Waals surface area contributed by atoms with Gasteiger partial charge in [-0.05, 0) is 40.5 Å². The van der Waals surface area contributed by atoms with E-state index in [0.29, 0.717) is 0 Å². The first-order chi connectivity index (χ1) is 14.3. The largest absolute Gasteiger partial charge is 0.305 e. The summed E-state index contributed by atoms with van der Waals surface area (Å²) in [4.78, 5) is 0. The van der Waals surface area contributed by atoms with Crippen LogP contribution in [-0.2, 0) is 12.5 Å². The van der Waals surface area contributed by atoms with E-state index in [2.05, 4.69) is 77.7 Å². The van der Waals surface area contributed by atoms with Crippen molar-refractivity contribution >= 4 is 11.8 Å². The Kier molecular flexibility index (Phi) is 5.42. The van der Waals surface area contributed by atoms with Crippen LogP contribution < -0.4 is 0 Å². The number of tetrazole rings is 1. The van der Waals surface area contributed by atoms with Crippen LogP contribution in [0, 0.1) is 0 Å². The number of rotatable bonds is 5. The normalized spacial score (nSPS) is 12.8. The minimum Gasteiger partial charge on any atom is -0.305 e. The third-order valence-corrected chi connectivity index (χ3v) is 6.11. The third-order valence-electron chi connectivity index (χ3n) is 4.98. The molecule has 0 amide bonds. The predicted octanol–water partition coefficient (Wildman–Crippen LogP) is 4.61. The minimum absolute atomic E-state index is 0.000720. The van der Waals surface area contributed by atoms with E-state index in [0.717, 1.165) is 28.1 Å². The zero-order valence-corrected chi connectivity index (χ0v) is 18.6. The van der Waals surface area contributed by atoms with Crippen molar-refractivity contribution in [1.82, 2.24) is 35.0 Å². The van der Waals surface area contributed by atoms with Crippen LogP contribution >= 0.6 is 11.8 Å². The average Bonchev–Trinajstić information content (AvgIpc) is 3.36. The second-order valence-corrected chi connectivity index (χ2v) is 9.55. The first kappa shape index (κ1) is 20.3. The Labute approximate surface area is 180 Å². The minimum atomic E-state index is -0.000720. The first-order valence-corrected chi connectivity index (χ1v) is 10.7. The number of thioether (sulfide) groups is 1. The predicted molar refractivity (Wildman–Crippen MR) is 119 cm³/mol. The Morgan fingerprint density at radius 3 is 2.27 bits per heavy atom. The molecule has 2 aromatic heterocycles. The molecule has 0 saturated carbocycles. The second-order valence-electron chi connectivity index (χ2n) is 8.24. The van der Waals surface area contributed by atoms with Gasteiger partial charge in [-0.15, -0.1) is 15.3 Å². The molecule has 0 aliphatic heterocycles. The van der Waals surface area contributed by atoms with E-state index in [1.807, 2.05) is 41.9 Å². The lowest BCUT2D eigenvalue weighted by Gasteiger charge is -2.19. The highest BCUT2D eigenvalue weighted by Gasteiger charge is 2.21. The smallest absolute Gasteiger partial charge is 0.191 e. The van der Waals surface area contributed by atoms with Gasteiger partial charge in [0, 0.05) is 12.6 Å². The van der Waals surface area contributed by atoms with Gasteiger partial charge in [0.05, 0.1) is 10.9 Å². The van der Waals surface area contributed by atoms with Crippen molar-refractivity contribution in [2.45, 2.75) is 43.5 Å². The second kappa shape index (κ2) is 8.02. The Balaban J connectivity index is 1.56. The molecule has 0 aliphatic rings. The summed E-state index contributed by atoms with van der Waals surface area (Å²) in [6.45, 7) is 8.71. The number of para-hydroxylation sites is 1. The van der Waals surface area contributed by atoms with Crippen molar-refractivity contribution in [1.29, 1.82) is 0 Å². The summed E-state index contributed by atoms with van der Waals surface area (Å²) in [6, 6.07) is 18.4. The molecule has 2 aromatic carbocycles. The van der Waals surface area contributed by atoms with Crippen LogP contribution in [0.5, 0.6) is 0 Å². The zero-order valence-electron chi connectivity index (χ0n) is 17.8. The molecule has 4 rings (SSSR count). The van der Waals surface area contributed by atoms with Crippen LogP contribution in [0.3, 0.4) is 0 Å². The highest BCUT2D eigenvalue weighted by atomic mass is 32.2. The number of hydrogen-bond donors (Lipinski definition) is 0. The molecule has 2 heterocycles. The van der Waals surface area contributed by atoms with Gasteiger partial charge in [-0.25, -0.2) is 0 Å². The summed E-state index contributed by atoms with van der Waals surface area (Å²) < 4.78 is 3.78. The topological polar surface area (TPSA) is 74.3 Å². The lowest BCUT2D eigenvalue weighted by Crippen LogP contribution is -2.10. The highest BCUT2D eigenvalue weighted by Crippen LogP contribution is 2.34. The Morgan fingerprint density at radius 1 is 0.900 bits per heavy atom. The molecule has 0 unspecified atom stereocenters. The molecule has 0 bridgehead atoms. The fourth-order valence-corrected chi connectivity index (χ4v) is 4.10. The van der Waals surface area contributed by atoms with Crippen molar-refractivity contribution in [2.24, 2.45) is 7.05 Å². The Hall–Kier alpha value is -3.00. The summed E-state index contributed by atoms with van der Waals surface area (Å²) in [7, 11) is 1.99. The van der Waals surface area contributed by atoms with Crippen molar-refractivity contribution < 1.29 is 0 Å². The lowest BCUT2D eigenvalue weighted by atomic mass is 9.87. The maximum absolute atomic E-state index is 4.43. The molecule has 0 N–H and O–H groups in total. The van der Waals surface area contributed by atoms with Crippen LogP contribution in [0.25, 0.3) is 17.1 Å². The van der Waals surface area contributed by atoms with Gasteiger partial charge in [-0.1, -0.05) is 75.0 Å². The number of hydrogen-bond acceptors (Lipinski definition) is 6. The van der Waals surface area contributed by atoms with Crippen LogP contribution in [0.15, 0.2) is 59.8 Å². The quantitative estimate of drug-likeness (QED) is 0.440. The van der Waals surface area contributed by atoms with E-state index in [4.69, 9.17) is 0 Å². The fraction of sp³-hybridized carbons (Fsp3) is 0.318. The molecule has 4 aromatic rings. The summed E-state index contributed by atoms with van der Waals surface area (Å²) in [6.07, 6.45) is 0. The molecule has 7 nitrogen and oxygen atoms in total. The SMILES string of the molecule is C[C@H](Sc1nnc(-c2ccc(C(C)(C)C)cc2)n1C)c1nnnn1-c1ccccc1. The number of benzene rings is 2. The molecule has 8 heteroatoms. The summed E-state index contributed by atoms with van der Waals surface area (Å²) in [5.41, 5.74) is 3.40. The molecular formula is C22H25N7S. The van der Waals surface area contributed by atoms with E-state index >= 15 is 0 Å². The van der Waals surface area contributed by atoms with E-state index in [-0.39, 0.29) is 10.7 Å². The molecule has 0 radical (unpaired) electrons. The molecule has 154 valence electrons. The van der Waals surface area contributed by atoms with Crippen molar-refractivity contribution in [3.63, 3.8) is 0 Å². The average molecular weight is 420 g/mol. The van der Waals surface area contributed by atoms with Gasteiger partial charge in [0.1, 0.15) is 0 Å². The maximum Gasteiger partial charge on any atom is 0.191 e. The molecular weight excluding hydrogens is 394 g/mol. The molecule has 0 saturated heterocycles. The number of nitrogens with zero attached hydrogens (tertiary/aromatic N) is 7. The molecule has 0 aliphatic carbocycles. The van der Waals surface area contributed by atoms with Crippen LogP contribution in [0.1, 0.15) is 44.3 Å². The van der Waals surface area contributed by atoms with E-state index in [1.54, 1.807) is 16.4 Å². The van der Waals surface area contributed by atoms with Crippen LogP contribution in [0.4, 0.5) is 0 Å². The van der Waals surface area contributed by atoms with E-state index in [9.17, 15) is 0 Å². The van der Waals surface area contributed by atoms with Gasteiger partial charge in [0.25, 0.3) is 0 Å². The molecule has 0 spiro atoms. The monoisotopic (exact) mass is 419 g/mol. The standard InChI is InChI=1S/C22H25N7S/c1-15(19-24-26-27-29(19)18-9-7-6-8-10-18)30-21-25-23-20(28(21)5)16-11-13-17(14-12-16)22(2,3)4/h6-15H,1-5H3/t15-/m0/s1. The van der Waals surface area contributed by atoms with Gasteiger partial charge >= 0.3 is 0 Å². The Morgan fingerprint density at radius 2 is 1.60 bits per heavy atom. The zero-order chi connectivity index (χ0) is 21.3. The summed E-state index contributed by atoms with van der Waals surface area (Å²) in [5, 5.41) is 21.9. The van der Waals surface area contributed by atoms with Crippen molar-refractivity contribution in [2.75, 3.05) is 0 Å². The molecule has 1 atom stereocenters.